The van der Waals surface area contributed by atoms with E-state index < -0.39 is 16.8 Å². The molecule has 0 saturated heterocycles. The molecule has 3 rings (SSSR count). The number of halogens is 1. The van der Waals surface area contributed by atoms with Crippen LogP contribution >= 0.6 is 0 Å². The molecule has 1 heterocycles. The fourth-order valence-electron chi connectivity index (χ4n) is 2.49. The van der Waals surface area contributed by atoms with Gasteiger partial charge in [-0.1, -0.05) is 24.3 Å². The van der Waals surface area contributed by atoms with Crippen LogP contribution in [0.1, 0.15) is 5.69 Å². The molecule has 3 aromatic rings. The van der Waals surface area contributed by atoms with Crippen molar-refractivity contribution in [1.29, 1.82) is 0 Å². The van der Waals surface area contributed by atoms with Crippen LogP contribution in [-0.4, -0.2) is 21.2 Å². The molecular formula is C18H17FN4OS. The van der Waals surface area contributed by atoms with Gasteiger partial charge in [0.15, 0.2) is 0 Å². The molecular weight excluding hydrogens is 339 g/mol. The third-order valence-corrected chi connectivity index (χ3v) is 4.94. The molecule has 0 fully saturated rings. The lowest BCUT2D eigenvalue weighted by atomic mass is 10.0. The zero-order valence-electron chi connectivity index (χ0n) is 13.8. The average molecular weight is 356 g/mol. The second kappa shape index (κ2) is 7.08. The highest BCUT2D eigenvalue weighted by molar-refractivity contribution is 7.83. The maximum Gasteiger partial charge on any atom is 0.144 e. The van der Waals surface area contributed by atoms with Gasteiger partial charge in [0.1, 0.15) is 22.6 Å². The van der Waals surface area contributed by atoms with E-state index in [1.807, 2.05) is 12.1 Å². The average Bonchev–Trinajstić information content (AvgIpc) is 2.63. The molecule has 128 valence electrons. The Morgan fingerprint density at radius 3 is 2.60 bits per heavy atom. The van der Waals surface area contributed by atoms with Crippen LogP contribution in [-0.2, 0) is 11.0 Å². The fraction of sp³-hybridized carbons (Fsp3) is 0.111. The Kier molecular flexibility index (Phi) is 4.87. The maximum atomic E-state index is 14.7. The van der Waals surface area contributed by atoms with Crippen LogP contribution < -0.4 is 10.5 Å². The van der Waals surface area contributed by atoms with E-state index in [9.17, 15) is 8.60 Å². The van der Waals surface area contributed by atoms with E-state index in [-0.39, 0.29) is 0 Å². The summed E-state index contributed by atoms with van der Waals surface area (Å²) in [5.41, 5.74) is 8.32. The van der Waals surface area contributed by atoms with Crippen molar-refractivity contribution in [2.45, 2.75) is 11.8 Å². The summed E-state index contributed by atoms with van der Waals surface area (Å²) in [7, 11) is 0.245. The number of nitrogen functional groups attached to an aromatic ring is 1. The number of anilines is 1. The van der Waals surface area contributed by atoms with Crippen LogP contribution in [0.2, 0.25) is 0 Å². The third-order valence-electron chi connectivity index (χ3n) is 3.81. The summed E-state index contributed by atoms with van der Waals surface area (Å²) in [6.07, 6.45) is 1.45. The van der Waals surface area contributed by atoms with Crippen LogP contribution in [0, 0.1) is 12.7 Å². The van der Waals surface area contributed by atoms with Gasteiger partial charge in [-0.3, -0.25) is 0 Å². The topological polar surface area (TPSA) is 80.9 Å². The minimum atomic E-state index is -1.36. The molecule has 7 heteroatoms. The summed E-state index contributed by atoms with van der Waals surface area (Å²) < 4.78 is 29.5. The van der Waals surface area contributed by atoms with Gasteiger partial charge in [0.25, 0.3) is 0 Å². The smallest absolute Gasteiger partial charge is 0.144 e. The lowest BCUT2D eigenvalue weighted by Gasteiger charge is -2.11. The number of nitrogens with zero attached hydrogens (tertiary/aromatic N) is 2. The maximum absolute atomic E-state index is 14.7. The first-order valence-corrected chi connectivity index (χ1v) is 8.74. The molecule has 1 aromatic heterocycles. The van der Waals surface area contributed by atoms with Gasteiger partial charge in [-0.25, -0.2) is 23.3 Å². The molecule has 0 saturated carbocycles. The number of rotatable bonds is 4. The molecule has 3 N–H and O–H groups in total. The Bertz CT molecular complexity index is 962. The molecule has 0 aliphatic rings. The quantitative estimate of drug-likeness (QED) is 0.753. The second-order valence-corrected chi connectivity index (χ2v) is 6.78. The standard InChI is InChI=1S/C18H17FN4OS/c1-11-18(20)22-10-16(23-11)14-8-7-12(9-15(14)19)13-5-3-4-6-17(13)25(24)21-2/h3-10,21H,1-2H3,(H2,20,22). The van der Waals surface area contributed by atoms with E-state index in [0.717, 1.165) is 0 Å². The van der Waals surface area contributed by atoms with Crippen molar-refractivity contribution in [3.8, 4) is 22.4 Å². The highest BCUT2D eigenvalue weighted by Gasteiger charge is 2.14. The van der Waals surface area contributed by atoms with Gasteiger partial charge >= 0.3 is 0 Å². The van der Waals surface area contributed by atoms with Crippen molar-refractivity contribution in [2.24, 2.45) is 0 Å². The SMILES string of the molecule is CNS(=O)c1ccccc1-c1ccc(-c2cnc(N)c(C)n2)c(F)c1. The summed E-state index contributed by atoms with van der Waals surface area (Å²) in [5.74, 6) is -0.106. The highest BCUT2D eigenvalue weighted by atomic mass is 32.2. The van der Waals surface area contributed by atoms with Crippen molar-refractivity contribution < 1.29 is 8.60 Å². The molecule has 0 aliphatic carbocycles. The van der Waals surface area contributed by atoms with E-state index in [1.165, 1.54) is 12.3 Å². The third kappa shape index (κ3) is 3.42. The number of aryl methyl sites for hydroxylation is 1. The van der Waals surface area contributed by atoms with Crippen LogP contribution in [0.4, 0.5) is 10.2 Å². The minimum Gasteiger partial charge on any atom is -0.382 e. The predicted molar refractivity (Wildman–Crippen MR) is 97.5 cm³/mol. The highest BCUT2D eigenvalue weighted by Crippen LogP contribution is 2.30. The molecule has 2 aromatic carbocycles. The monoisotopic (exact) mass is 356 g/mol. The molecule has 25 heavy (non-hydrogen) atoms. The molecule has 0 aliphatic heterocycles. The number of aromatic nitrogens is 2. The van der Waals surface area contributed by atoms with Crippen LogP contribution in [0.5, 0.6) is 0 Å². The molecule has 1 atom stereocenters. The molecule has 0 spiro atoms. The number of nitrogens with two attached hydrogens (primary N) is 1. The van der Waals surface area contributed by atoms with Gasteiger partial charge in [0, 0.05) is 5.56 Å². The van der Waals surface area contributed by atoms with E-state index in [0.29, 0.717) is 38.8 Å². The first-order chi connectivity index (χ1) is 12.0. The summed E-state index contributed by atoms with van der Waals surface area (Å²) in [6.45, 7) is 1.72. The van der Waals surface area contributed by atoms with Crippen molar-refractivity contribution in [1.82, 2.24) is 14.7 Å². The normalized spacial score (nSPS) is 12.1. The van der Waals surface area contributed by atoms with Crippen LogP contribution in [0.3, 0.4) is 0 Å². The van der Waals surface area contributed by atoms with Gasteiger partial charge in [-0.15, -0.1) is 0 Å². The summed E-state index contributed by atoms with van der Waals surface area (Å²) in [4.78, 5) is 8.90. The van der Waals surface area contributed by atoms with Gasteiger partial charge in [-0.05, 0) is 43.3 Å². The van der Waals surface area contributed by atoms with Gasteiger partial charge in [0.2, 0.25) is 0 Å². The van der Waals surface area contributed by atoms with E-state index >= 15 is 0 Å². The second-order valence-electron chi connectivity index (χ2n) is 5.39. The lowest BCUT2D eigenvalue weighted by Crippen LogP contribution is -2.11. The number of hydrogen-bond acceptors (Lipinski definition) is 4. The zero-order chi connectivity index (χ0) is 18.0. The predicted octanol–water partition coefficient (Wildman–Crippen LogP) is 3.08. The van der Waals surface area contributed by atoms with Crippen LogP contribution in [0.25, 0.3) is 22.4 Å². The van der Waals surface area contributed by atoms with Gasteiger partial charge in [0.05, 0.1) is 22.5 Å². The van der Waals surface area contributed by atoms with E-state index in [2.05, 4.69) is 14.7 Å². The van der Waals surface area contributed by atoms with Gasteiger partial charge < -0.3 is 5.73 Å². The number of nitrogens with one attached hydrogen (secondary N) is 1. The van der Waals surface area contributed by atoms with Crippen LogP contribution in [0.15, 0.2) is 53.6 Å². The Morgan fingerprint density at radius 2 is 1.92 bits per heavy atom. The van der Waals surface area contributed by atoms with E-state index in [1.54, 1.807) is 38.2 Å². The largest absolute Gasteiger partial charge is 0.382 e. The van der Waals surface area contributed by atoms with Crippen molar-refractivity contribution in [3.05, 3.63) is 60.2 Å². The van der Waals surface area contributed by atoms with E-state index in [4.69, 9.17) is 5.73 Å². The number of hydrogen-bond donors (Lipinski definition) is 2. The molecule has 0 radical (unpaired) electrons. The molecule has 0 bridgehead atoms. The van der Waals surface area contributed by atoms with Crippen molar-refractivity contribution in [2.75, 3.05) is 12.8 Å². The number of benzene rings is 2. The summed E-state index contributed by atoms with van der Waals surface area (Å²) in [5, 5.41) is 0. The molecule has 1 unspecified atom stereocenters. The first-order valence-electron chi connectivity index (χ1n) is 7.59. The fourth-order valence-corrected chi connectivity index (χ4v) is 3.30. The summed E-state index contributed by atoms with van der Waals surface area (Å²) in [6, 6.07) is 12.0. The Morgan fingerprint density at radius 1 is 1.16 bits per heavy atom. The van der Waals surface area contributed by atoms with Crippen molar-refractivity contribution in [3.63, 3.8) is 0 Å². The Balaban J connectivity index is 2.06. The first kappa shape index (κ1) is 17.2. The Labute approximate surface area is 147 Å². The molecule has 0 amide bonds. The zero-order valence-corrected chi connectivity index (χ0v) is 14.6. The molecule has 5 nitrogen and oxygen atoms in total. The van der Waals surface area contributed by atoms with Crippen molar-refractivity contribution >= 4 is 16.8 Å². The summed E-state index contributed by atoms with van der Waals surface area (Å²) >= 11 is 0. The minimum absolute atomic E-state index is 0.323. The Hall–Kier alpha value is -2.64. The lowest BCUT2D eigenvalue weighted by molar-refractivity contribution is 0.631. The van der Waals surface area contributed by atoms with Gasteiger partial charge in [-0.2, -0.15) is 0 Å².